The molecule has 184 valence electrons. The van der Waals surface area contributed by atoms with Crippen molar-refractivity contribution >= 4 is 29.9 Å². The van der Waals surface area contributed by atoms with Crippen LogP contribution in [0.15, 0.2) is 35.3 Å². The highest BCUT2D eigenvalue weighted by Gasteiger charge is 2.16. The minimum atomic E-state index is -0.0178. The Morgan fingerprint density at radius 1 is 0.879 bits per heavy atom. The van der Waals surface area contributed by atoms with Crippen molar-refractivity contribution in [3.8, 4) is 28.7 Å². The van der Waals surface area contributed by atoms with Gasteiger partial charge in [-0.25, -0.2) is 0 Å². The van der Waals surface area contributed by atoms with Crippen LogP contribution in [0.1, 0.15) is 37.9 Å². The van der Waals surface area contributed by atoms with Crippen molar-refractivity contribution in [3.05, 3.63) is 41.5 Å². The Kier molecular flexibility index (Phi) is 12.6. The molecule has 0 radical (unpaired) electrons. The molecule has 0 saturated carbocycles. The molecule has 0 aliphatic rings. The SMILES string of the molecule is CCOc1ccc(C(C)NC(=NC)NCc2c(OC)cc(OC)cc2OC)cc1OCC.I. The smallest absolute Gasteiger partial charge is 0.191 e. The Balaban J connectivity index is 0.00000544. The lowest BCUT2D eigenvalue weighted by molar-refractivity contribution is 0.287. The second kappa shape index (κ2) is 14.6. The molecule has 2 rings (SSSR count). The van der Waals surface area contributed by atoms with Crippen LogP contribution in [-0.2, 0) is 6.54 Å². The van der Waals surface area contributed by atoms with E-state index in [9.17, 15) is 0 Å². The number of benzene rings is 2. The Morgan fingerprint density at radius 2 is 1.48 bits per heavy atom. The maximum absolute atomic E-state index is 5.75. The maximum Gasteiger partial charge on any atom is 0.191 e. The van der Waals surface area contributed by atoms with Crippen molar-refractivity contribution in [2.75, 3.05) is 41.6 Å². The van der Waals surface area contributed by atoms with E-state index in [0.717, 1.165) is 22.6 Å². The van der Waals surface area contributed by atoms with Crippen molar-refractivity contribution in [2.45, 2.75) is 33.4 Å². The first-order chi connectivity index (χ1) is 15.5. The van der Waals surface area contributed by atoms with Gasteiger partial charge in [0.25, 0.3) is 0 Å². The lowest BCUT2D eigenvalue weighted by Gasteiger charge is -2.21. The molecule has 0 fully saturated rings. The van der Waals surface area contributed by atoms with E-state index in [-0.39, 0.29) is 30.0 Å². The predicted octanol–water partition coefficient (Wildman–Crippen LogP) is 4.55. The van der Waals surface area contributed by atoms with Crippen LogP contribution in [0.3, 0.4) is 0 Å². The van der Waals surface area contributed by atoms with Crippen LogP contribution in [0.25, 0.3) is 0 Å². The number of nitrogens with one attached hydrogen (secondary N) is 2. The van der Waals surface area contributed by atoms with E-state index < -0.39 is 0 Å². The molecule has 0 amide bonds. The van der Waals surface area contributed by atoms with E-state index in [4.69, 9.17) is 23.7 Å². The van der Waals surface area contributed by atoms with Crippen molar-refractivity contribution in [3.63, 3.8) is 0 Å². The molecular formula is C24H36IN3O5. The van der Waals surface area contributed by atoms with Gasteiger partial charge < -0.3 is 34.3 Å². The minimum absolute atomic E-state index is 0. The molecular weight excluding hydrogens is 537 g/mol. The molecule has 1 atom stereocenters. The molecule has 0 aromatic heterocycles. The van der Waals surface area contributed by atoms with Crippen LogP contribution >= 0.6 is 24.0 Å². The number of nitrogens with zero attached hydrogens (tertiary/aromatic N) is 1. The summed E-state index contributed by atoms with van der Waals surface area (Å²) in [4.78, 5) is 4.35. The fraction of sp³-hybridized carbons (Fsp3) is 0.458. The number of rotatable bonds is 11. The summed E-state index contributed by atoms with van der Waals surface area (Å²) in [6.07, 6.45) is 0. The topological polar surface area (TPSA) is 82.6 Å². The van der Waals surface area contributed by atoms with Gasteiger partial charge in [0, 0.05) is 19.2 Å². The number of hydrogen-bond acceptors (Lipinski definition) is 6. The molecule has 2 N–H and O–H groups in total. The second-order valence-corrected chi connectivity index (χ2v) is 6.87. The van der Waals surface area contributed by atoms with E-state index in [1.807, 2.05) is 44.2 Å². The zero-order valence-corrected chi connectivity index (χ0v) is 22.8. The fourth-order valence-electron chi connectivity index (χ4n) is 3.24. The van der Waals surface area contributed by atoms with Gasteiger partial charge in [-0.05, 0) is 38.5 Å². The van der Waals surface area contributed by atoms with E-state index in [1.165, 1.54) is 0 Å². The summed E-state index contributed by atoms with van der Waals surface area (Å²) in [6, 6.07) is 9.59. The summed E-state index contributed by atoms with van der Waals surface area (Å²) in [6.45, 7) is 7.58. The van der Waals surface area contributed by atoms with Crippen LogP contribution in [0.4, 0.5) is 0 Å². The lowest BCUT2D eigenvalue weighted by Crippen LogP contribution is -2.38. The monoisotopic (exact) mass is 573 g/mol. The van der Waals surface area contributed by atoms with E-state index in [0.29, 0.717) is 43.0 Å². The van der Waals surface area contributed by atoms with Gasteiger partial charge in [0.15, 0.2) is 17.5 Å². The largest absolute Gasteiger partial charge is 0.496 e. The van der Waals surface area contributed by atoms with E-state index in [2.05, 4.69) is 22.5 Å². The molecule has 1 unspecified atom stereocenters. The third-order valence-corrected chi connectivity index (χ3v) is 4.89. The maximum atomic E-state index is 5.75. The molecule has 9 heteroatoms. The van der Waals surface area contributed by atoms with Crippen molar-refractivity contribution in [1.82, 2.24) is 10.6 Å². The zero-order chi connectivity index (χ0) is 23.5. The molecule has 0 saturated heterocycles. The Morgan fingerprint density at radius 3 is 2.00 bits per heavy atom. The van der Waals surface area contributed by atoms with Crippen LogP contribution in [0.5, 0.6) is 28.7 Å². The molecule has 2 aromatic rings. The molecule has 0 aliphatic carbocycles. The summed E-state index contributed by atoms with van der Waals surface area (Å²) < 4.78 is 27.8. The van der Waals surface area contributed by atoms with Gasteiger partial charge in [-0.3, -0.25) is 4.99 Å². The second-order valence-electron chi connectivity index (χ2n) is 6.87. The average molecular weight is 573 g/mol. The first-order valence-electron chi connectivity index (χ1n) is 10.7. The van der Waals surface area contributed by atoms with E-state index >= 15 is 0 Å². The average Bonchev–Trinajstić information content (AvgIpc) is 2.82. The van der Waals surface area contributed by atoms with Crippen LogP contribution in [0.2, 0.25) is 0 Å². The Labute approximate surface area is 214 Å². The lowest BCUT2D eigenvalue weighted by atomic mass is 10.1. The predicted molar refractivity (Wildman–Crippen MR) is 142 cm³/mol. The number of aliphatic imine (C=N–C) groups is 1. The van der Waals surface area contributed by atoms with Gasteiger partial charge >= 0.3 is 0 Å². The van der Waals surface area contributed by atoms with Crippen LogP contribution < -0.4 is 34.3 Å². The van der Waals surface area contributed by atoms with Gasteiger partial charge in [-0.15, -0.1) is 24.0 Å². The highest BCUT2D eigenvalue weighted by Crippen LogP contribution is 2.34. The highest BCUT2D eigenvalue weighted by atomic mass is 127. The van der Waals surface area contributed by atoms with Crippen LogP contribution in [-0.4, -0.2) is 47.6 Å². The standard InChI is InChI=1S/C24H35N3O5.HI/c1-8-31-20-11-10-17(12-23(20)32-9-2)16(3)27-24(25-4)26-15-19-21(29-6)13-18(28-5)14-22(19)30-7;/h10-14,16H,8-9,15H2,1-7H3,(H2,25,26,27);1H. The quantitative estimate of drug-likeness (QED) is 0.232. The number of ether oxygens (including phenoxy) is 5. The fourth-order valence-corrected chi connectivity index (χ4v) is 3.24. The highest BCUT2D eigenvalue weighted by molar-refractivity contribution is 14.0. The molecule has 0 bridgehead atoms. The van der Waals surface area contributed by atoms with Crippen molar-refractivity contribution in [1.29, 1.82) is 0 Å². The molecule has 0 aliphatic heterocycles. The first-order valence-corrected chi connectivity index (χ1v) is 10.7. The third-order valence-electron chi connectivity index (χ3n) is 4.89. The summed E-state index contributed by atoms with van der Waals surface area (Å²) in [7, 11) is 6.58. The Bertz CT molecular complexity index is 883. The van der Waals surface area contributed by atoms with Gasteiger partial charge in [0.05, 0.1) is 52.7 Å². The van der Waals surface area contributed by atoms with Gasteiger partial charge in [0.1, 0.15) is 17.2 Å². The van der Waals surface area contributed by atoms with Crippen molar-refractivity contribution in [2.24, 2.45) is 4.99 Å². The number of halogens is 1. The minimum Gasteiger partial charge on any atom is -0.496 e. The van der Waals surface area contributed by atoms with Gasteiger partial charge in [-0.2, -0.15) is 0 Å². The number of hydrogen-bond donors (Lipinski definition) is 2. The Hall–Kier alpha value is -2.56. The molecule has 8 nitrogen and oxygen atoms in total. The first kappa shape index (κ1) is 28.5. The molecule has 0 spiro atoms. The van der Waals surface area contributed by atoms with E-state index in [1.54, 1.807) is 28.4 Å². The van der Waals surface area contributed by atoms with Crippen molar-refractivity contribution < 1.29 is 23.7 Å². The summed E-state index contributed by atoms with van der Waals surface area (Å²) >= 11 is 0. The van der Waals surface area contributed by atoms with Gasteiger partial charge in [-0.1, -0.05) is 6.07 Å². The summed E-state index contributed by atoms with van der Waals surface area (Å²) in [5.74, 6) is 4.13. The number of guanidine groups is 1. The van der Waals surface area contributed by atoms with Crippen LogP contribution in [0, 0.1) is 0 Å². The molecule has 2 aromatic carbocycles. The summed E-state index contributed by atoms with van der Waals surface area (Å²) in [5.41, 5.74) is 1.92. The van der Waals surface area contributed by atoms with Gasteiger partial charge in [0.2, 0.25) is 0 Å². The summed E-state index contributed by atoms with van der Waals surface area (Å²) in [5, 5.41) is 6.73. The molecule has 0 heterocycles. The third kappa shape index (κ3) is 7.76. The molecule has 33 heavy (non-hydrogen) atoms. The normalized spacial score (nSPS) is 11.7. The zero-order valence-electron chi connectivity index (χ0n) is 20.5. The number of methoxy groups -OCH3 is 3.